The third kappa shape index (κ3) is 2.43. The van der Waals surface area contributed by atoms with Gasteiger partial charge in [0, 0.05) is 19.0 Å². The second kappa shape index (κ2) is 5.50. The molecular formula is C15H20N4S. The summed E-state index contributed by atoms with van der Waals surface area (Å²) in [5.41, 5.74) is 8.18. The van der Waals surface area contributed by atoms with Gasteiger partial charge in [0.2, 0.25) is 0 Å². The molecule has 1 fully saturated rings. The number of nitrogens with two attached hydrogens (primary N) is 1. The van der Waals surface area contributed by atoms with Gasteiger partial charge in [-0.2, -0.15) is 5.10 Å². The SMILES string of the molecule is Cn1nc(CN2CCCCC2C(N)=S)c2ccccc21. The zero-order chi connectivity index (χ0) is 14.1. The summed E-state index contributed by atoms with van der Waals surface area (Å²) in [6.07, 6.45) is 3.49. The van der Waals surface area contributed by atoms with Gasteiger partial charge in [-0.05, 0) is 25.5 Å². The van der Waals surface area contributed by atoms with Gasteiger partial charge in [0.05, 0.1) is 22.2 Å². The molecule has 2 aromatic rings. The van der Waals surface area contributed by atoms with Crippen molar-refractivity contribution in [2.24, 2.45) is 12.8 Å². The van der Waals surface area contributed by atoms with E-state index in [2.05, 4.69) is 28.2 Å². The van der Waals surface area contributed by atoms with Gasteiger partial charge in [0.1, 0.15) is 0 Å². The van der Waals surface area contributed by atoms with Crippen molar-refractivity contribution in [1.82, 2.24) is 14.7 Å². The van der Waals surface area contributed by atoms with Crippen LogP contribution in [0.15, 0.2) is 24.3 Å². The molecule has 106 valence electrons. The van der Waals surface area contributed by atoms with E-state index in [1.165, 1.54) is 23.7 Å². The van der Waals surface area contributed by atoms with Crippen molar-refractivity contribution in [1.29, 1.82) is 0 Å². The highest BCUT2D eigenvalue weighted by Crippen LogP contribution is 2.23. The molecule has 0 radical (unpaired) electrons. The number of fused-ring (bicyclic) bond motifs is 1. The van der Waals surface area contributed by atoms with Crippen molar-refractivity contribution >= 4 is 28.1 Å². The highest BCUT2D eigenvalue weighted by atomic mass is 32.1. The maximum absolute atomic E-state index is 5.89. The van der Waals surface area contributed by atoms with Gasteiger partial charge >= 0.3 is 0 Å². The van der Waals surface area contributed by atoms with Crippen LogP contribution in [-0.2, 0) is 13.6 Å². The van der Waals surface area contributed by atoms with E-state index in [1.54, 1.807) is 0 Å². The number of para-hydroxylation sites is 1. The molecule has 1 aromatic heterocycles. The Morgan fingerprint density at radius 2 is 2.20 bits per heavy atom. The van der Waals surface area contributed by atoms with Crippen LogP contribution in [0.4, 0.5) is 0 Å². The number of aryl methyl sites for hydroxylation is 1. The molecule has 4 nitrogen and oxygen atoms in total. The van der Waals surface area contributed by atoms with E-state index in [9.17, 15) is 0 Å². The summed E-state index contributed by atoms with van der Waals surface area (Å²) < 4.78 is 1.95. The Morgan fingerprint density at radius 3 is 3.00 bits per heavy atom. The predicted molar refractivity (Wildman–Crippen MR) is 85.5 cm³/mol. The van der Waals surface area contributed by atoms with Crippen LogP contribution in [0.2, 0.25) is 0 Å². The lowest BCUT2D eigenvalue weighted by Gasteiger charge is -2.34. The first-order valence-corrected chi connectivity index (χ1v) is 7.51. The smallest absolute Gasteiger partial charge is 0.0902 e. The van der Waals surface area contributed by atoms with E-state index in [0.717, 1.165) is 25.2 Å². The Hall–Kier alpha value is -1.46. The summed E-state index contributed by atoms with van der Waals surface area (Å²) in [6, 6.07) is 8.57. The van der Waals surface area contributed by atoms with Crippen LogP contribution >= 0.6 is 12.2 Å². The summed E-state index contributed by atoms with van der Waals surface area (Å²) in [7, 11) is 1.99. The molecule has 1 saturated heterocycles. The van der Waals surface area contributed by atoms with Gasteiger partial charge in [0.25, 0.3) is 0 Å². The molecule has 0 aliphatic carbocycles. The fourth-order valence-corrected chi connectivity index (χ4v) is 3.37. The summed E-state index contributed by atoms with van der Waals surface area (Å²) in [5, 5.41) is 5.89. The zero-order valence-electron chi connectivity index (χ0n) is 11.7. The monoisotopic (exact) mass is 288 g/mol. The number of piperidine rings is 1. The molecule has 2 heterocycles. The molecule has 20 heavy (non-hydrogen) atoms. The minimum atomic E-state index is 0.222. The number of hydrogen-bond acceptors (Lipinski definition) is 3. The van der Waals surface area contributed by atoms with Crippen LogP contribution in [-0.4, -0.2) is 32.3 Å². The molecular weight excluding hydrogens is 268 g/mol. The van der Waals surface area contributed by atoms with Gasteiger partial charge in [-0.25, -0.2) is 0 Å². The van der Waals surface area contributed by atoms with Crippen LogP contribution < -0.4 is 5.73 Å². The maximum atomic E-state index is 5.89. The number of thiocarbonyl (C=S) groups is 1. The molecule has 5 heteroatoms. The number of hydrogen-bond donors (Lipinski definition) is 1. The first-order valence-electron chi connectivity index (χ1n) is 7.11. The lowest BCUT2D eigenvalue weighted by atomic mass is 10.0. The van der Waals surface area contributed by atoms with Crippen molar-refractivity contribution < 1.29 is 0 Å². The second-order valence-electron chi connectivity index (χ2n) is 5.47. The van der Waals surface area contributed by atoms with Crippen molar-refractivity contribution in [2.75, 3.05) is 6.54 Å². The standard InChI is InChI=1S/C15H20N4S/c1-18-13-7-3-2-6-11(13)12(17-18)10-19-9-5-4-8-14(19)15(16)20/h2-3,6-7,14H,4-5,8-10H2,1H3,(H2,16,20). The molecule has 1 atom stereocenters. The fourth-order valence-electron chi connectivity index (χ4n) is 3.10. The predicted octanol–water partition coefficient (Wildman–Crippen LogP) is 2.21. The molecule has 2 N–H and O–H groups in total. The zero-order valence-corrected chi connectivity index (χ0v) is 12.6. The first kappa shape index (κ1) is 13.5. The third-order valence-electron chi connectivity index (χ3n) is 4.13. The Morgan fingerprint density at radius 1 is 1.40 bits per heavy atom. The van der Waals surface area contributed by atoms with E-state index in [4.69, 9.17) is 18.0 Å². The summed E-state index contributed by atoms with van der Waals surface area (Å²) in [6.45, 7) is 1.87. The molecule has 1 aliphatic heterocycles. The second-order valence-corrected chi connectivity index (χ2v) is 5.94. The molecule has 0 spiro atoms. The molecule has 1 aliphatic rings. The van der Waals surface area contributed by atoms with Crippen LogP contribution in [0.1, 0.15) is 25.0 Å². The average molecular weight is 288 g/mol. The lowest BCUT2D eigenvalue weighted by molar-refractivity contribution is 0.183. The molecule has 3 rings (SSSR count). The van der Waals surface area contributed by atoms with E-state index >= 15 is 0 Å². The molecule has 0 amide bonds. The Labute approximate surface area is 124 Å². The van der Waals surface area contributed by atoms with Gasteiger partial charge in [-0.15, -0.1) is 0 Å². The topological polar surface area (TPSA) is 47.1 Å². The maximum Gasteiger partial charge on any atom is 0.0902 e. The fraction of sp³-hybridized carbons (Fsp3) is 0.467. The number of nitrogens with zero attached hydrogens (tertiary/aromatic N) is 3. The number of rotatable bonds is 3. The number of likely N-dealkylation sites (tertiary alicyclic amines) is 1. The molecule has 1 unspecified atom stereocenters. The number of aromatic nitrogens is 2. The van der Waals surface area contributed by atoms with Gasteiger partial charge in [-0.1, -0.05) is 36.8 Å². The lowest BCUT2D eigenvalue weighted by Crippen LogP contribution is -2.46. The quantitative estimate of drug-likeness (QED) is 0.880. The van der Waals surface area contributed by atoms with E-state index < -0.39 is 0 Å². The minimum absolute atomic E-state index is 0.222. The van der Waals surface area contributed by atoms with Crippen LogP contribution in [0.5, 0.6) is 0 Å². The van der Waals surface area contributed by atoms with Crippen molar-refractivity contribution in [3.63, 3.8) is 0 Å². The number of benzene rings is 1. The summed E-state index contributed by atoms with van der Waals surface area (Å²) >= 11 is 5.22. The van der Waals surface area contributed by atoms with Crippen molar-refractivity contribution in [2.45, 2.75) is 31.8 Å². The summed E-state index contributed by atoms with van der Waals surface area (Å²) in [5.74, 6) is 0. The largest absolute Gasteiger partial charge is 0.392 e. The van der Waals surface area contributed by atoms with Gasteiger partial charge in [-0.3, -0.25) is 9.58 Å². The molecule has 1 aromatic carbocycles. The highest BCUT2D eigenvalue weighted by molar-refractivity contribution is 7.80. The third-order valence-corrected chi connectivity index (χ3v) is 4.40. The van der Waals surface area contributed by atoms with Gasteiger partial charge in [0.15, 0.2) is 0 Å². The van der Waals surface area contributed by atoms with Crippen LogP contribution in [0, 0.1) is 0 Å². The first-order chi connectivity index (χ1) is 9.66. The highest BCUT2D eigenvalue weighted by Gasteiger charge is 2.25. The summed E-state index contributed by atoms with van der Waals surface area (Å²) in [4.78, 5) is 2.99. The molecule has 0 bridgehead atoms. The minimum Gasteiger partial charge on any atom is -0.392 e. The van der Waals surface area contributed by atoms with E-state index in [1.807, 2.05) is 17.8 Å². The van der Waals surface area contributed by atoms with Crippen LogP contribution in [0.3, 0.4) is 0 Å². The van der Waals surface area contributed by atoms with E-state index in [0.29, 0.717) is 4.99 Å². The van der Waals surface area contributed by atoms with E-state index in [-0.39, 0.29) is 6.04 Å². The average Bonchev–Trinajstić information content (AvgIpc) is 2.76. The molecule has 0 saturated carbocycles. The normalized spacial score (nSPS) is 20.4. The Balaban J connectivity index is 1.90. The van der Waals surface area contributed by atoms with Crippen molar-refractivity contribution in [3.8, 4) is 0 Å². The Bertz CT molecular complexity index is 634. The Kier molecular flexibility index (Phi) is 3.72. The van der Waals surface area contributed by atoms with Crippen LogP contribution in [0.25, 0.3) is 10.9 Å². The van der Waals surface area contributed by atoms with Crippen molar-refractivity contribution in [3.05, 3.63) is 30.0 Å². The van der Waals surface area contributed by atoms with Gasteiger partial charge < -0.3 is 5.73 Å².